The van der Waals surface area contributed by atoms with Crippen molar-refractivity contribution in [3.8, 4) is 5.69 Å². The molecule has 1 aromatic heterocycles. The highest BCUT2D eigenvalue weighted by Gasteiger charge is 2.07. The lowest BCUT2D eigenvalue weighted by Crippen LogP contribution is -2.17. The van der Waals surface area contributed by atoms with Crippen molar-refractivity contribution < 1.29 is 9.59 Å². The standard InChI is InChI=1S/C19H17N3O2/c1-20-18(23)14-4-8-16(9-5-14)21-19(24)15-6-10-17(11-7-15)22-12-2-3-13-22/h2-13H,1H3,(H,20,23)(H,21,24). The fraction of sp³-hybridized carbons (Fsp3) is 0.0526. The average molecular weight is 319 g/mol. The third-order valence-electron chi connectivity index (χ3n) is 3.66. The highest BCUT2D eigenvalue weighted by atomic mass is 16.2. The lowest BCUT2D eigenvalue weighted by molar-refractivity contribution is 0.0962. The van der Waals surface area contributed by atoms with Crippen molar-refractivity contribution in [1.29, 1.82) is 0 Å². The van der Waals surface area contributed by atoms with Crippen molar-refractivity contribution >= 4 is 17.5 Å². The molecular weight excluding hydrogens is 302 g/mol. The fourth-order valence-electron chi connectivity index (χ4n) is 2.34. The van der Waals surface area contributed by atoms with E-state index in [0.717, 1.165) is 5.69 Å². The van der Waals surface area contributed by atoms with E-state index in [1.54, 1.807) is 43.4 Å². The number of amides is 2. The van der Waals surface area contributed by atoms with Crippen LogP contribution in [0.25, 0.3) is 5.69 Å². The SMILES string of the molecule is CNC(=O)c1ccc(NC(=O)c2ccc(-n3cccc3)cc2)cc1. The monoisotopic (exact) mass is 319 g/mol. The Morgan fingerprint density at radius 1 is 0.792 bits per heavy atom. The maximum Gasteiger partial charge on any atom is 0.255 e. The molecule has 0 aliphatic heterocycles. The van der Waals surface area contributed by atoms with Gasteiger partial charge in [-0.3, -0.25) is 9.59 Å². The maximum absolute atomic E-state index is 12.3. The van der Waals surface area contributed by atoms with Crippen LogP contribution in [0.15, 0.2) is 73.1 Å². The van der Waals surface area contributed by atoms with E-state index in [-0.39, 0.29) is 11.8 Å². The zero-order chi connectivity index (χ0) is 16.9. The summed E-state index contributed by atoms with van der Waals surface area (Å²) < 4.78 is 1.97. The Morgan fingerprint density at radius 3 is 1.92 bits per heavy atom. The summed E-state index contributed by atoms with van der Waals surface area (Å²) in [6.07, 6.45) is 3.90. The van der Waals surface area contributed by atoms with Crippen LogP contribution in [-0.4, -0.2) is 23.4 Å². The lowest BCUT2D eigenvalue weighted by Gasteiger charge is -2.08. The van der Waals surface area contributed by atoms with E-state index < -0.39 is 0 Å². The largest absolute Gasteiger partial charge is 0.355 e. The number of carbonyl (C=O) groups excluding carboxylic acids is 2. The average Bonchev–Trinajstić information content (AvgIpc) is 3.16. The summed E-state index contributed by atoms with van der Waals surface area (Å²) in [6.45, 7) is 0. The number of hydrogen-bond acceptors (Lipinski definition) is 2. The van der Waals surface area contributed by atoms with E-state index in [1.165, 1.54) is 0 Å². The van der Waals surface area contributed by atoms with Crippen LogP contribution >= 0.6 is 0 Å². The Kier molecular flexibility index (Phi) is 4.43. The van der Waals surface area contributed by atoms with E-state index >= 15 is 0 Å². The summed E-state index contributed by atoms with van der Waals surface area (Å²) in [5.41, 5.74) is 2.75. The maximum atomic E-state index is 12.3. The van der Waals surface area contributed by atoms with Gasteiger partial charge in [-0.15, -0.1) is 0 Å². The fourth-order valence-corrected chi connectivity index (χ4v) is 2.34. The molecule has 0 atom stereocenters. The minimum absolute atomic E-state index is 0.159. The number of rotatable bonds is 4. The predicted molar refractivity (Wildman–Crippen MR) is 93.6 cm³/mol. The van der Waals surface area contributed by atoms with Gasteiger partial charge in [0.25, 0.3) is 11.8 Å². The molecule has 5 heteroatoms. The van der Waals surface area contributed by atoms with E-state index in [4.69, 9.17) is 0 Å². The molecule has 0 saturated heterocycles. The summed E-state index contributed by atoms with van der Waals surface area (Å²) >= 11 is 0. The molecule has 0 saturated carbocycles. The van der Waals surface area contributed by atoms with Crippen LogP contribution in [0.1, 0.15) is 20.7 Å². The molecule has 2 N–H and O–H groups in total. The normalized spacial score (nSPS) is 10.2. The van der Waals surface area contributed by atoms with Crippen molar-refractivity contribution in [2.45, 2.75) is 0 Å². The number of benzene rings is 2. The van der Waals surface area contributed by atoms with Crippen LogP contribution in [0, 0.1) is 0 Å². The van der Waals surface area contributed by atoms with Gasteiger partial charge in [0, 0.05) is 41.9 Å². The Morgan fingerprint density at radius 2 is 1.33 bits per heavy atom. The van der Waals surface area contributed by atoms with Crippen LogP contribution in [0.3, 0.4) is 0 Å². The summed E-state index contributed by atoms with van der Waals surface area (Å²) in [5.74, 6) is -0.352. The van der Waals surface area contributed by atoms with Crippen molar-refractivity contribution in [1.82, 2.24) is 9.88 Å². The Balaban J connectivity index is 1.69. The molecule has 120 valence electrons. The van der Waals surface area contributed by atoms with Crippen LogP contribution in [-0.2, 0) is 0 Å². The molecule has 3 aromatic rings. The topological polar surface area (TPSA) is 63.1 Å². The second-order valence-corrected chi connectivity index (χ2v) is 5.25. The van der Waals surface area contributed by atoms with Crippen LogP contribution in [0.4, 0.5) is 5.69 Å². The van der Waals surface area contributed by atoms with E-state index in [9.17, 15) is 9.59 Å². The first-order chi connectivity index (χ1) is 11.7. The van der Waals surface area contributed by atoms with Gasteiger partial charge in [0.15, 0.2) is 0 Å². The van der Waals surface area contributed by atoms with Gasteiger partial charge in [0.05, 0.1) is 0 Å². The molecule has 0 unspecified atom stereocenters. The summed E-state index contributed by atoms with van der Waals surface area (Å²) in [4.78, 5) is 23.8. The first kappa shape index (κ1) is 15.6. The third kappa shape index (κ3) is 3.35. The van der Waals surface area contributed by atoms with E-state index in [0.29, 0.717) is 16.8 Å². The quantitative estimate of drug-likeness (QED) is 0.776. The van der Waals surface area contributed by atoms with Gasteiger partial charge in [-0.2, -0.15) is 0 Å². The number of aromatic nitrogens is 1. The molecule has 0 aliphatic rings. The smallest absolute Gasteiger partial charge is 0.255 e. The van der Waals surface area contributed by atoms with Crippen molar-refractivity contribution in [3.05, 3.63) is 84.2 Å². The first-order valence-corrected chi connectivity index (χ1v) is 7.54. The summed E-state index contributed by atoms with van der Waals surface area (Å²) in [6, 6.07) is 18.0. The van der Waals surface area contributed by atoms with Crippen LogP contribution < -0.4 is 10.6 Å². The number of carbonyl (C=O) groups is 2. The second-order valence-electron chi connectivity index (χ2n) is 5.25. The molecule has 2 amide bonds. The summed E-state index contributed by atoms with van der Waals surface area (Å²) in [7, 11) is 1.58. The van der Waals surface area contributed by atoms with E-state index in [1.807, 2.05) is 41.2 Å². The van der Waals surface area contributed by atoms with Crippen molar-refractivity contribution in [2.75, 3.05) is 12.4 Å². The molecule has 5 nitrogen and oxygen atoms in total. The van der Waals surface area contributed by atoms with Gasteiger partial charge in [0.1, 0.15) is 0 Å². The van der Waals surface area contributed by atoms with Gasteiger partial charge in [-0.25, -0.2) is 0 Å². The third-order valence-corrected chi connectivity index (χ3v) is 3.66. The predicted octanol–water partition coefficient (Wildman–Crippen LogP) is 3.09. The Hall–Kier alpha value is -3.34. The molecule has 0 bridgehead atoms. The molecule has 0 spiro atoms. The molecular formula is C19H17N3O2. The number of nitrogens with zero attached hydrogens (tertiary/aromatic N) is 1. The van der Waals surface area contributed by atoms with Gasteiger partial charge in [-0.05, 0) is 60.7 Å². The lowest BCUT2D eigenvalue weighted by atomic mass is 10.1. The number of anilines is 1. The van der Waals surface area contributed by atoms with Gasteiger partial charge < -0.3 is 15.2 Å². The Labute approximate surface area is 139 Å². The Bertz CT molecular complexity index is 835. The number of hydrogen-bond donors (Lipinski definition) is 2. The van der Waals surface area contributed by atoms with Crippen molar-refractivity contribution in [2.24, 2.45) is 0 Å². The minimum Gasteiger partial charge on any atom is -0.355 e. The van der Waals surface area contributed by atoms with Gasteiger partial charge >= 0.3 is 0 Å². The highest BCUT2D eigenvalue weighted by molar-refractivity contribution is 6.04. The number of nitrogens with one attached hydrogen (secondary N) is 2. The van der Waals surface area contributed by atoms with Crippen LogP contribution in [0.5, 0.6) is 0 Å². The van der Waals surface area contributed by atoms with Gasteiger partial charge in [0.2, 0.25) is 0 Å². The molecule has 0 aliphatic carbocycles. The molecule has 3 rings (SSSR count). The van der Waals surface area contributed by atoms with Gasteiger partial charge in [-0.1, -0.05) is 0 Å². The minimum atomic E-state index is -0.193. The van der Waals surface area contributed by atoms with Crippen molar-refractivity contribution in [3.63, 3.8) is 0 Å². The zero-order valence-electron chi connectivity index (χ0n) is 13.2. The molecule has 2 aromatic carbocycles. The highest BCUT2D eigenvalue weighted by Crippen LogP contribution is 2.14. The molecule has 0 radical (unpaired) electrons. The molecule has 24 heavy (non-hydrogen) atoms. The molecule has 0 fully saturated rings. The zero-order valence-corrected chi connectivity index (χ0v) is 13.2. The van der Waals surface area contributed by atoms with E-state index in [2.05, 4.69) is 10.6 Å². The molecule has 1 heterocycles. The summed E-state index contributed by atoms with van der Waals surface area (Å²) in [5, 5.41) is 5.38. The second kappa shape index (κ2) is 6.83. The van der Waals surface area contributed by atoms with Crippen LogP contribution in [0.2, 0.25) is 0 Å². The first-order valence-electron chi connectivity index (χ1n) is 7.54.